The van der Waals surface area contributed by atoms with Gasteiger partial charge in [0.25, 0.3) is 0 Å². The minimum atomic E-state index is -0.318. The molecule has 0 saturated carbocycles. The second-order valence-corrected chi connectivity index (χ2v) is 7.51. The first kappa shape index (κ1) is 20.0. The van der Waals surface area contributed by atoms with Gasteiger partial charge in [0.1, 0.15) is 0 Å². The zero-order valence-corrected chi connectivity index (χ0v) is 17.0. The average molecular weight is 419 g/mol. The van der Waals surface area contributed by atoms with Gasteiger partial charge in [-0.05, 0) is 24.6 Å². The van der Waals surface area contributed by atoms with Crippen LogP contribution in [-0.4, -0.2) is 24.0 Å². The predicted molar refractivity (Wildman–Crippen MR) is 116 cm³/mol. The van der Waals surface area contributed by atoms with Crippen molar-refractivity contribution in [1.29, 1.82) is 0 Å². The van der Waals surface area contributed by atoms with E-state index in [-0.39, 0.29) is 35.6 Å². The summed E-state index contributed by atoms with van der Waals surface area (Å²) in [7, 11) is 0. The maximum atomic E-state index is 13.0. The first-order valence-corrected chi connectivity index (χ1v) is 9.94. The Hall–Kier alpha value is -3.28. The van der Waals surface area contributed by atoms with Gasteiger partial charge in [-0.3, -0.25) is 14.4 Å². The van der Waals surface area contributed by atoms with Crippen LogP contribution in [0.4, 0.5) is 5.69 Å². The molecule has 1 unspecified atom stereocenters. The summed E-state index contributed by atoms with van der Waals surface area (Å²) in [6, 6.07) is 18.9. The highest BCUT2D eigenvalue weighted by molar-refractivity contribution is 6.31. The molecule has 1 aliphatic carbocycles. The molecule has 1 amide bonds. The normalized spacial score (nSPS) is 13.4. The summed E-state index contributed by atoms with van der Waals surface area (Å²) in [5.74, 6) is -0.809. The molecular formula is C24H19ClN2O3. The lowest BCUT2D eigenvalue weighted by Gasteiger charge is -2.20. The Morgan fingerprint density at radius 1 is 0.867 bits per heavy atom. The molecular weight excluding hydrogens is 400 g/mol. The highest BCUT2D eigenvalue weighted by atomic mass is 35.5. The van der Waals surface area contributed by atoms with Gasteiger partial charge in [0, 0.05) is 27.8 Å². The van der Waals surface area contributed by atoms with Gasteiger partial charge in [0.05, 0.1) is 17.8 Å². The number of carbonyl (C=O) groups is 3. The summed E-state index contributed by atoms with van der Waals surface area (Å²) >= 11 is 6.20. The van der Waals surface area contributed by atoms with Crippen LogP contribution in [0.15, 0.2) is 66.7 Å². The maximum absolute atomic E-state index is 13.0. The van der Waals surface area contributed by atoms with Crippen LogP contribution in [0.5, 0.6) is 0 Å². The highest BCUT2D eigenvalue weighted by Crippen LogP contribution is 2.32. The van der Waals surface area contributed by atoms with E-state index in [1.165, 1.54) is 0 Å². The molecule has 0 aromatic heterocycles. The van der Waals surface area contributed by atoms with E-state index in [1.54, 1.807) is 48.5 Å². The number of benzene rings is 3. The topological polar surface area (TPSA) is 75.3 Å². The van der Waals surface area contributed by atoms with E-state index in [9.17, 15) is 14.4 Å². The zero-order chi connectivity index (χ0) is 21.3. The van der Waals surface area contributed by atoms with Gasteiger partial charge in [-0.1, -0.05) is 66.2 Å². The van der Waals surface area contributed by atoms with Gasteiger partial charge in [-0.25, -0.2) is 0 Å². The van der Waals surface area contributed by atoms with Crippen LogP contribution in [0.25, 0.3) is 0 Å². The molecule has 2 N–H and O–H groups in total. The molecule has 0 spiro atoms. The number of fused-ring (bicyclic) bond motifs is 2. The van der Waals surface area contributed by atoms with Crippen molar-refractivity contribution in [3.8, 4) is 0 Å². The van der Waals surface area contributed by atoms with Crippen molar-refractivity contribution < 1.29 is 14.4 Å². The number of ketones is 2. The molecule has 0 bridgehead atoms. The largest absolute Gasteiger partial charge is 0.324 e. The summed E-state index contributed by atoms with van der Waals surface area (Å²) in [4.78, 5) is 38.4. The van der Waals surface area contributed by atoms with Crippen molar-refractivity contribution >= 4 is 34.8 Å². The first-order chi connectivity index (χ1) is 14.5. The SMILES string of the molecule is CC(NCC(=O)Nc1cccc2c1C(=O)c1ccccc1C2=O)c1ccccc1Cl. The number of amides is 1. The van der Waals surface area contributed by atoms with Gasteiger partial charge in [-0.15, -0.1) is 0 Å². The number of anilines is 1. The molecule has 0 heterocycles. The summed E-state index contributed by atoms with van der Waals surface area (Å²) < 4.78 is 0. The Labute approximate surface area is 179 Å². The summed E-state index contributed by atoms with van der Waals surface area (Å²) in [5.41, 5.74) is 2.48. The monoisotopic (exact) mass is 418 g/mol. The quantitative estimate of drug-likeness (QED) is 0.503. The van der Waals surface area contributed by atoms with E-state index in [2.05, 4.69) is 10.6 Å². The van der Waals surface area contributed by atoms with Gasteiger partial charge < -0.3 is 10.6 Å². The molecule has 1 aliphatic rings. The molecule has 0 saturated heterocycles. The number of rotatable bonds is 5. The zero-order valence-electron chi connectivity index (χ0n) is 16.2. The standard InChI is InChI=1S/C24H19ClN2O3/c1-14(15-7-4-5-11-19(15)25)26-13-21(28)27-20-12-6-10-18-22(20)24(30)17-9-3-2-8-16(17)23(18)29/h2-12,14,26H,13H2,1H3,(H,27,28). The van der Waals surface area contributed by atoms with Crippen LogP contribution >= 0.6 is 11.6 Å². The van der Waals surface area contributed by atoms with Crippen molar-refractivity contribution in [1.82, 2.24) is 5.32 Å². The van der Waals surface area contributed by atoms with Crippen molar-refractivity contribution in [3.05, 3.63) is 99.6 Å². The lowest BCUT2D eigenvalue weighted by Crippen LogP contribution is -2.31. The molecule has 0 fully saturated rings. The second kappa shape index (κ2) is 8.22. The van der Waals surface area contributed by atoms with Crippen LogP contribution in [0.3, 0.4) is 0 Å². The Morgan fingerprint density at radius 2 is 1.50 bits per heavy atom. The number of nitrogens with one attached hydrogen (secondary N) is 2. The first-order valence-electron chi connectivity index (χ1n) is 9.56. The molecule has 30 heavy (non-hydrogen) atoms. The third-order valence-electron chi connectivity index (χ3n) is 5.17. The minimum absolute atomic E-state index is 0.0226. The third-order valence-corrected chi connectivity index (χ3v) is 5.51. The summed E-state index contributed by atoms with van der Waals surface area (Å²) in [6.07, 6.45) is 0. The van der Waals surface area contributed by atoms with E-state index < -0.39 is 0 Å². The molecule has 4 rings (SSSR count). The Morgan fingerprint density at radius 3 is 2.23 bits per heavy atom. The smallest absolute Gasteiger partial charge is 0.238 e. The van der Waals surface area contributed by atoms with Crippen molar-refractivity contribution in [2.45, 2.75) is 13.0 Å². The van der Waals surface area contributed by atoms with Gasteiger partial charge in [-0.2, -0.15) is 0 Å². The highest BCUT2D eigenvalue weighted by Gasteiger charge is 2.31. The maximum Gasteiger partial charge on any atom is 0.238 e. The van der Waals surface area contributed by atoms with E-state index in [0.29, 0.717) is 27.4 Å². The number of hydrogen-bond acceptors (Lipinski definition) is 4. The summed E-state index contributed by atoms with van der Waals surface area (Å²) in [6.45, 7) is 1.94. The molecule has 1 atom stereocenters. The molecule has 0 radical (unpaired) electrons. The molecule has 6 heteroatoms. The van der Waals surface area contributed by atoms with Crippen molar-refractivity contribution in [3.63, 3.8) is 0 Å². The molecule has 3 aromatic carbocycles. The van der Waals surface area contributed by atoms with Crippen LogP contribution in [0, 0.1) is 0 Å². The molecule has 0 aliphatic heterocycles. The van der Waals surface area contributed by atoms with Gasteiger partial charge in [0.15, 0.2) is 11.6 Å². The van der Waals surface area contributed by atoms with Crippen molar-refractivity contribution in [2.24, 2.45) is 0 Å². The van der Waals surface area contributed by atoms with Gasteiger partial charge >= 0.3 is 0 Å². The predicted octanol–water partition coefficient (Wildman–Crippen LogP) is 4.40. The fourth-order valence-corrected chi connectivity index (χ4v) is 3.93. The number of halogens is 1. The molecule has 5 nitrogen and oxygen atoms in total. The van der Waals surface area contributed by atoms with Crippen LogP contribution < -0.4 is 10.6 Å². The number of hydrogen-bond donors (Lipinski definition) is 2. The van der Waals surface area contributed by atoms with Crippen molar-refractivity contribution in [2.75, 3.05) is 11.9 Å². The van der Waals surface area contributed by atoms with E-state index in [0.717, 1.165) is 5.56 Å². The minimum Gasteiger partial charge on any atom is -0.324 e. The Bertz CT molecular complexity index is 1170. The lowest BCUT2D eigenvalue weighted by molar-refractivity contribution is -0.115. The van der Waals surface area contributed by atoms with E-state index in [1.807, 2.05) is 25.1 Å². The van der Waals surface area contributed by atoms with E-state index >= 15 is 0 Å². The Balaban J connectivity index is 1.52. The van der Waals surface area contributed by atoms with Gasteiger partial charge in [0.2, 0.25) is 5.91 Å². The van der Waals surface area contributed by atoms with Crippen LogP contribution in [0.2, 0.25) is 5.02 Å². The lowest BCUT2D eigenvalue weighted by atomic mass is 9.83. The average Bonchev–Trinajstić information content (AvgIpc) is 2.76. The third kappa shape index (κ3) is 3.65. The molecule has 150 valence electrons. The second-order valence-electron chi connectivity index (χ2n) is 7.10. The van der Waals surface area contributed by atoms with Crippen LogP contribution in [-0.2, 0) is 4.79 Å². The fraction of sp³-hybridized carbons (Fsp3) is 0.125. The Kier molecular flexibility index (Phi) is 5.48. The number of carbonyl (C=O) groups excluding carboxylic acids is 3. The molecule has 3 aromatic rings. The summed E-state index contributed by atoms with van der Waals surface area (Å²) in [5, 5.41) is 6.52. The van der Waals surface area contributed by atoms with E-state index in [4.69, 9.17) is 11.6 Å². The fourth-order valence-electron chi connectivity index (χ4n) is 3.63. The van der Waals surface area contributed by atoms with Crippen LogP contribution in [0.1, 0.15) is 50.4 Å².